The number of aliphatic carboxylic acids is 1. The average molecular weight is 332 g/mol. The van der Waals surface area contributed by atoms with E-state index in [4.69, 9.17) is 9.84 Å². The predicted molar refractivity (Wildman–Crippen MR) is 89.1 cm³/mol. The van der Waals surface area contributed by atoms with Crippen molar-refractivity contribution in [2.45, 2.75) is 37.1 Å². The van der Waals surface area contributed by atoms with Crippen molar-refractivity contribution in [1.29, 1.82) is 0 Å². The lowest BCUT2D eigenvalue weighted by Gasteiger charge is -2.27. The molecule has 0 aromatic heterocycles. The second kappa shape index (κ2) is 6.81. The Morgan fingerprint density at radius 3 is 2.67 bits per heavy atom. The lowest BCUT2D eigenvalue weighted by Crippen LogP contribution is -2.49. The van der Waals surface area contributed by atoms with Crippen molar-refractivity contribution in [3.63, 3.8) is 0 Å². The zero-order valence-electron chi connectivity index (χ0n) is 13.9. The van der Waals surface area contributed by atoms with E-state index in [0.717, 1.165) is 24.2 Å². The number of amides is 1. The summed E-state index contributed by atoms with van der Waals surface area (Å²) in [5.41, 5.74) is 1.13. The normalized spacial score (nSPS) is 24.9. The zero-order chi connectivity index (χ0) is 17.2. The molecule has 24 heavy (non-hydrogen) atoms. The number of para-hydroxylation sites is 1. The van der Waals surface area contributed by atoms with Crippen LogP contribution >= 0.6 is 0 Å². The Bertz CT molecular complexity index is 619. The summed E-state index contributed by atoms with van der Waals surface area (Å²) in [6, 6.07) is 7.43. The maximum Gasteiger partial charge on any atom is 0.320 e. The van der Waals surface area contributed by atoms with Crippen LogP contribution in [-0.4, -0.2) is 43.2 Å². The van der Waals surface area contributed by atoms with E-state index < -0.39 is 12.0 Å². The number of carboxylic acids is 1. The molecule has 1 aliphatic heterocycles. The van der Waals surface area contributed by atoms with E-state index in [-0.39, 0.29) is 17.2 Å². The summed E-state index contributed by atoms with van der Waals surface area (Å²) < 4.78 is 5.45. The number of benzene rings is 1. The first-order valence-electron chi connectivity index (χ1n) is 8.43. The number of carbonyl (C=O) groups excluding carboxylic acids is 1. The molecule has 0 spiro atoms. The molecule has 6 heteroatoms. The van der Waals surface area contributed by atoms with Crippen LogP contribution in [-0.2, 0) is 15.0 Å². The Hall–Kier alpha value is -2.08. The van der Waals surface area contributed by atoms with Gasteiger partial charge in [-0.15, -0.1) is 0 Å². The molecule has 1 aromatic carbocycles. The molecule has 2 atom stereocenters. The molecule has 1 aromatic rings. The number of nitrogens with one attached hydrogen (secondary N) is 2. The Balaban J connectivity index is 1.56. The van der Waals surface area contributed by atoms with Gasteiger partial charge in [-0.1, -0.05) is 18.2 Å². The fraction of sp³-hybridized carbons (Fsp3) is 0.556. The van der Waals surface area contributed by atoms with E-state index >= 15 is 0 Å². The van der Waals surface area contributed by atoms with Crippen molar-refractivity contribution in [3.05, 3.63) is 29.8 Å². The van der Waals surface area contributed by atoms with Crippen molar-refractivity contribution in [2.75, 3.05) is 20.2 Å². The Morgan fingerprint density at radius 2 is 2.08 bits per heavy atom. The topological polar surface area (TPSA) is 87.7 Å². The predicted octanol–water partition coefficient (Wildman–Crippen LogP) is 1.30. The molecule has 1 amide bonds. The Kier molecular flexibility index (Phi) is 4.76. The first kappa shape index (κ1) is 16.8. The fourth-order valence-corrected chi connectivity index (χ4v) is 3.47. The quantitative estimate of drug-likeness (QED) is 0.731. The van der Waals surface area contributed by atoms with Crippen LogP contribution in [0.4, 0.5) is 0 Å². The number of hydrogen-bond acceptors (Lipinski definition) is 4. The van der Waals surface area contributed by atoms with Gasteiger partial charge in [-0.2, -0.15) is 0 Å². The van der Waals surface area contributed by atoms with Gasteiger partial charge >= 0.3 is 5.97 Å². The van der Waals surface area contributed by atoms with Crippen LogP contribution in [0, 0.1) is 5.92 Å². The van der Waals surface area contributed by atoms with E-state index in [0.29, 0.717) is 25.9 Å². The second-order valence-electron chi connectivity index (χ2n) is 6.77. The summed E-state index contributed by atoms with van der Waals surface area (Å²) >= 11 is 0. The monoisotopic (exact) mass is 332 g/mol. The molecule has 1 saturated heterocycles. The molecule has 0 radical (unpaired) electrons. The third kappa shape index (κ3) is 3.38. The van der Waals surface area contributed by atoms with Crippen LogP contribution in [0.2, 0.25) is 0 Å². The van der Waals surface area contributed by atoms with Crippen LogP contribution in [0.1, 0.15) is 31.2 Å². The van der Waals surface area contributed by atoms with E-state index in [1.807, 2.05) is 18.2 Å². The van der Waals surface area contributed by atoms with Crippen LogP contribution in [0.25, 0.3) is 0 Å². The van der Waals surface area contributed by atoms with Gasteiger partial charge in [-0.25, -0.2) is 0 Å². The fourth-order valence-electron chi connectivity index (χ4n) is 3.47. The third-order valence-electron chi connectivity index (χ3n) is 5.22. The van der Waals surface area contributed by atoms with Crippen LogP contribution < -0.4 is 15.4 Å². The van der Waals surface area contributed by atoms with Gasteiger partial charge in [0.2, 0.25) is 5.91 Å². The van der Waals surface area contributed by atoms with Gasteiger partial charge in [-0.3, -0.25) is 9.59 Å². The zero-order valence-corrected chi connectivity index (χ0v) is 13.9. The van der Waals surface area contributed by atoms with Gasteiger partial charge in [0.25, 0.3) is 0 Å². The lowest BCUT2D eigenvalue weighted by atomic mass is 9.92. The summed E-state index contributed by atoms with van der Waals surface area (Å²) in [6.45, 7) is 1.02. The van der Waals surface area contributed by atoms with E-state index in [2.05, 4.69) is 16.7 Å². The minimum Gasteiger partial charge on any atom is -0.496 e. The van der Waals surface area contributed by atoms with Crippen molar-refractivity contribution in [3.8, 4) is 5.75 Å². The SMILES string of the molecule is COc1ccccc1C1(CNC(=O)C2CCC(C(=O)O)NC2)CC1. The highest BCUT2D eigenvalue weighted by Gasteiger charge is 2.46. The summed E-state index contributed by atoms with van der Waals surface area (Å²) in [5.74, 6) is -0.128. The summed E-state index contributed by atoms with van der Waals surface area (Å²) in [4.78, 5) is 23.3. The van der Waals surface area contributed by atoms with E-state index in [1.165, 1.54) is 0 Å². The number of hydrogen-bond donors (Lipinski definition) is 3. The first-order valence-corrected chi connectivity index (χ1v) is 8.43. The molecule has 6 nitrogen and oxygen atoms in total. The number of methoxy groups -OCH3 is 1. The third-order valence-corrected chi connectivity index (χ3v) is 5.22. The maximum atomic E-state index is 12.4. The molecule has 1 aliphatic carbocycles. The Morgan fingerprint density at radius 1 is 1.33 bits per heavy atom. The van der Waals surface area contributed by atoms with Crippen molar-refractivity contribution in [1.82, 2.24) is 10.6 Å². The highest BCUT2D eigenvalue weighted by molar-refractivity contribution is 5.80. The number of ether oxygens (including phenoxy) is 1. The molecule has 0 bridgehead atoms. The first-order chi connectivity index (χ1) is 11.6. The summed E-state index contributed by atoms with van der Waals surface area (Å²) in [6.07, 6.45) is 3.18. The molecule has 2 aliphatic rings. The van der Waals surface area contributed by atoms with Gasteiger partial charge in [0, 0.05) is 24.1 Å². The molecule has 3 rings (SSSR count). The molecule has 1 heterocycles. The lowest BCUT2D eigenvalue weighted by molar-refractivity contribution is -0.141. The number of piperidine rings is 1. The highest BCUT2D eigenvalue weighted by atomic mass is 16.5. The van der Waals surface area contributed by atoms with Crippen LogP contribution in [0.15, 0.2) is 24.3 Å². The van der Waals surface area contributed by atoms with Crippen LogP contribution in [0.5, 0.6) is 5.75 Å². The molecule has 2 unspecified atom stereocenters. The minimum atomic E-state index is -0.845. The molecule has 3 N–H and O–H groups in total. The Labute approximate surface area is 141 Å². The molecular formula is C18H24N2O4. The van der Waals surface area contributed by atoms with Crippen molar-refractivity contribution >= 4 is 11.9 Å². The highest BCUT2D eigenvalue weighted by Crippen LogP contribution is 2.50. The minimum absolute atomic E-state index is 0.00696. The molecule has 2 fully saturated rings. The van der Waals surface area contributed by atoms with Gasteiger partial charge in [0.1, 0.15) is 11.8 Å². The maximum absolute atomic E-state index is 12.4. The van der Waals surface area contributed by atoms with Crippen molar-refractivity contribution in [2.24, 2.45) is 5.92 Å². The molecule has 1 saturated carbocycles. The number of rotatable bonds is 6. The molecule has 130 valence electrons. The summed E-state index contributed by atoms with van der Waals surface area (Å²) in [5, 5.41) is 15.0. The largest absolute Gasteiger partial charge is 0.496 e. The van der Waals surface area contributed by atoms with Crippen molar-refractivity contribution < 1.29 is 19.4 Å². The second-order valence-corrected chi connectivity index (χ2v) is 6.77. The van der Waals surface area contributed by atoms with E-state index in [1.54, 1.807) is 7.11 Å². The van der Waals surface area contributed by atoms with Gasteiger partial charge in [-0.05, 0) is 31.7 Å². The van der Waals surface area contributed by atoms with Gasteiger partial charge in [0.15, 0.2) is 0 Å². The summed E-state index contributed by atoms with van der Waals surface area (Å²) in [7, 11) is 1.67. The smallest absolute Gasteiger partial charge is 0.320 e. The number of carboxylic acid groups (broad SMARTS) is 1. The standard InChI is InChI=1S/C18H24N2O4/c1-24-15-5-3-2-4-13(15)18(8-9-18)11-20-16(21)12-6-7-14(17(22)23)19-10-12/h2-5,12,14,19H,6-11H2,1H3,(H,20,21)(H,22,23). The van der Waals surface area contributed by atoms with Gasteiger partial charge in [0.05, 0.1) is 13.0 Å². The number of carbonyl (C=O) groups is 2. The van der Waals surface area contributed by atoms with Crippen LogP contribution in [0.3, 0.4) is 0 Å². The average Bonchev–Trinajstić information content (AvgIpc) is 3.41. The van der Waals surface area contributed by atoms with Gasteiger partial charge < -0.3 is 20.5 Å². The molecular weight excluding hydrogens is 308 g/mol. The van der Waals surface area contributed by atoms with E-state index in [9.17, 15) is 9.59 Å².